The van der Waals surface area contributed by atoms with Crippen molar-refractivity contribution >= 4 is 39.4 Å². The predicted molar refractivity (Wildman–Crippen MR) is 135 cm³/mol. The Hall–Kier alpha value is -3.91. The van der Waals surface area contributed by atoms with E-state index in [1.165, 1.54) is 11.5 Å². The molecule has 4 aromatic rings. The Balaban J connectivity index is 1.30. The zero-order chi connectivity index (χ0) is 23.6. The van der Waals surface area contributed by atoms with Crippen molar-refractivity contribution in [1.29, 1.82) is 0 Å². The van der Waals surface area contributed by atoms with Crippen molar-refractivity contribution in [2.24, 2.45) is 0 Å². The van der Waals surface area contributed by atoms with Gasteiger partial charge in [-0.2, -0.15) is 4.37 Å². The van der Waals surface area contributed by atoms with Crippen LogP contribution >= 0.6 is 11.5 Å². The van der Waals surface area contributed by atoms with E-state index in [-0.39, 0.29) is 12.5 Å². The lowest BCUT2D eigenvalue weighted by molar-refractivity contribution is -0.123. The van der Waals surface area contributed by atoms with Gasteiger partial charge in [0.15, 0.2) is 0 Å². The molecule has 0 aliphatic rings. The summed E-state index contributed by atoms with van der Waals surface area (Å²) in [6.07, 6.45) is -0.274. The summed E-state index contributed by atoms with van der Waals surface area (Å²) in [5.41, 5.74) is 1.82. The molecule has 0 radical (unpaired) electrons. The monoisotopic (exact) mass is 474 g/mol. The van der Waals surface area contributed by atoms with Crippen LogP contribution in [0.25, 0.3) is 10.1 Å². The summed E-state index contributed by atoms with van der Waals surface area (Å²) in [5, 5.41) is 9.93. The molecule has 0 spiro atoms. The van der Waals surface area contributed by atoms with Gasteiger partial charge in [-0.1, -0.05) is 72.8 Å². The van der Waals surface area contributed by atoms with Crippen LogP contribution in [0.3, 0.4) is 0 Å². The van der Waals surface area contributed by atoms with Crippen molar-refractivity contribution in [2.75, 3.05) is 18.4 Å². The molecule has 0 aliphatic heterocycles. The minimum Gasteiger partial charge on any atom is -0.445 e. The molecule has 1 unspecified atom stereocenters. The molecule has 8 heteroatoms. The van der Waals surface area contributed by atoms with E-state index in [9.17, 15) is 9.59 Å². The standard InChI is InChI=1S/C26H26N4O3S/c31-25(28-16-15-27-24-21-13-7-8-14-23(21)34-30-24)22(17-19-9-3-1-4-10-19)29-26(32)33-18-20-11-5-2-6-12-20/h1-14,22H,15-18H2,(H,27,30)(H,28,31)(H,29,32). The summed E-state index contributed by atoms with van der Waals surface area (Å²) in [4.78, 5) is 25.3. The largest absolute Gasteiger partial charge is 0.445 e. The number of benzene rings is 3. The second-order valence-corrected chi connectivity index (χ2v) is 8.50. The highest BCUT2D eigenvalue weighted by molar-refractivity contribution is 7.13. The van der Waals surface area contributed by atoms with Crippen molar-refractivity contribution < 1.29 is 14.3 Å². The molecule has 34 heavy (non-hydrogen) atoms. The van der Waals surface area contributed by atoms with Gasteiger partial charge < -0.3 is 20.7 Å². The molecule has 1 aromatic heterocycles. The van der Waals surface area contributed by atoms with Gasteiger partial charge in [-0.25, -0.2) is 4.79 Å². The number of ether oxygens (including phenoxy) is 1. The first-order valence-corrected chi connectivity index (χ1v) is 11.8. The number of aromatic nitrogens is 1. The van der Waals surface area contributed by atoms with E-state index in [0.29, 0.717) is 19.5 Å². The molecular formula is C26H26N4O3S. The van der Waals surface area contributed by atoms with Crippen LogP contribution in [-0.2, 0) is 22.6 Å². The van der Waals surface area contributed by atoms with Gasteiger partial charge in [0.05, 0.1) is 4.70 Å². The van der Waals surface area contributed by atoms with Crippen molar-refractivity contribution in [2.45, 2.75) is 19.1 Å². The van der Waals surface area contributed by atoms with Gasteiger partial charge in [-0.3, -0.25) is 4.79 Å². The number of alkyl carbamates (subject to hydrolysis) is 1. The fourth-order valence-corrected chi connectivity index (χ4v) is 4.22. The fourth-order valence-electron chi connectivity index (χ4n) is 3.47. The van der Waals surface area contributed by atoms with Crippen LogP contribution in [-0.4, -0.2) is 35.5 Å². The highest BCUT2D eigenvalue weighted by atomic mass is 32.1. The maximum atomic E-state index is 12.9. The number of hydrogen-bond acceptors (Lipinski definition) is 6. The molecule has 3 aromatic carbocycles. The maximum Gasteiger partial charge on any atom is 0.408 e. The molecule has 0 aliphatic carbocycles. The number of nitrogens with zero attached hydrogens (tertiary/aromatic N) is 1. The summed E-state index contributed by atoms with van der Waals surface area (Å²) in [5.74, 6) is 0.531. The average molecular weight is 475 g/mol. The summed E-state index contributed by atoms with van der Waals surface area (Å²) >= 11 is 1.43. The van der Waals surface area contributed by atoms with Crippen molar-refractivity contribution in [3.8, 4) is 0 Å². The molecule has 3 N–H and O–H groups in total. The van der Waals surface area contributed by atoms with Crippen molar-refractivity contribution in [1.82, 2.24) is 15.0 Å². The summed E-state index contributed by atoms with van der Waals surface area (Å²) in [7, 11) is 0. The van der Waals surface area contributed by atoms with Gasteiger partial charge >= 0.3 is 6.09 Å². The minimum atomic E-state index is -0.759. The number of carbonyl (C=O) groups is 2. The molecular weight excluding hydrogens is 448 g/mol. The van der Waals surface area contributed by atoms with E-state index in [2.05, 4.69) is 20.3 Å². The van der Waals surface area contributed by atoms with Gasteiger partial charge in [0.1, 0.15) is 18.5 Å². The number of carbonyl (C=O) groups excluding carboxylic acids is 2. The van der Waals surface area contributed by atoms with Crippen molar-refractivity contribution in [3.05, 3.63) is 96.1 Å². The lowest BCUT2D eigenvalue weighted by Crippen LogP contribution is -2.49. The van der Waals surface area contributed by atoms with E-state index in [0.717, 1.165) is 27.0 Å². The minimum absolute atomic E-state index is 0.137. The Labute approximate surface area is 202 Å². The van der Waals surface area contributed by atoms with Crippen LogP contribution in [0.4, 0.5) is 10.6 Å². The topological polar surface area (TPSA) is 92.4 Å². The predicted octanol–water partition coefficient (Wildman–Crippen LogP) is 4.36. The van der Waals surface area contributed by atoms with Gasteiger partial charge in [0, 0.05) is 24.9 Å². The molecule has 0 bridgehead atoms. The molecule has 1 atom stereocenters. The van der Waals surface area contributed by atoms with Crippen LogP contribution in [0, 0.1) is 0 Å². The average Bonchev–Trinajstić information content (AvgIpc) is 3.29. The van der Waals surface area contributed by atoms with Crippen LogP contribution in [0.2, 0.25) is 0 Å². The number of anilines is 1. The summed E-state index contributed by atoms with van der Waals surface area (Å²) < 4.78 is 10.9. The number of nitrogens with one attached hydrogen (secondary N) is 3. The smallest absolute Gasteiger partial charge is 0.408 e. The normalized spacial score (nSPS) is 11.5. The molecule has 0 fully saturated rings. The van der Waals surface area contributed by atoms with E-state index in [1.807, 2.05) is 84.9 Å². The Morgan fingerprint density at radius 2 is 1.53 bits per heavy atom. The zero-order valence-corrected chi connectivity index (χ0v) is 19.4. The first kappa shape index (κ1) is 23.3. The lowest BCUT2D eigenvalue weighted by atomic mass is 10.1. The lowest BCUT2D eigenvalue weighted by Gasteiger charge is -2.19. The number of amides is 2. The SMILES string of the molecule is O=C(NC(Cc1ccccc1)C(=O)NCCNc1nsc2ccccc12)OCc1ccccc1. The molecule has 4 rings (SSSR count). The Morgan fingerprint density at radius 1 is 0.853 bits per heavy atom. The fraction of sp³-hybridized carbons (Fsp3) is 0.192. The zero-order valence-electron chi connectivity index (χ0n) is 18.6. The first-order valence-electron chi connectivity index (χ1n) is 11.1. The van der Waals surface area contributed by atoms with Gasteiger partial charge in [0.2, 0.25) is 5.91 Å². The molecule has 0 saturated carbocycles. The van der Waals surface area contributed by atoms with Gasteiger partial charge in [-0.15, -0.1) is 0 Å². The second-order valence-electron chi connectivity index (χ2n) is 7.69. The molecule has 2 amide bonds. The second kappa shape index (κ2) is 11.8. The summed E-state index contributed by atoms with van der Waals surface area (Å²) in [6, 6.07) is 26.2. The Bertz CT molecular complexity index is 1210. The quantitative estimate of drug-likeness (QED) is 0.297. The van der Waals surface area contributed by atoms with Crippen LogP contribution in [0.1, 0.15) is 11.1 Å². The molecule has 1 heterocycles. The highest BCUT2D eigenvalue weighted by Crippen LogP contribution is 2.25. The van der Waals surface area contributed by atoms with E-state index >= 15 is 0 Å². The number of rotatable bonds is 10. The highest BCUT2D eigenvalue weighted by Gasteiger charge is 2.22. The third-order valence-electron chi connectivity index (χ3n) is 5.20. The van der Waals surface area contributed by atoms with Gasteiger partial charge in [-0.05, 0) is 34.8 Å². The Kier molecular flexibility index (Phi) is 8.08. The first-order chi connectivity index (χ1) is 16.7. The molecule has 7 nitrogen and oxygen atoms in total. The Morgan fingerprint density at radius 3 is 2.29 bits per heavy atom. The summed E-state index contributed by atoms with van der Waals surface area (Å²) in [6.45, 7) is 1.03. The van der Waals surface area contributed by atoms with Crippen LogP contribution in [0.15, 0.2) is 84.9 Å². The molecule has 174 valence electrons. The van der Waals surface area contributed by atoms with E-state index in [4.69, 9.17) is 4.74 Å². The van der Waals surface area contributed by atoms with E-state index < -0.39 is 12.1 Å². The number of fused-ring (bicyclic) bond motifs is 1. The maximum absolute atomic E-state index is 12.9. The number of hydrogen-bond donors (Lipinski definition) is 3. The van der Waals surface area contributed by atoms with Crippen molar-refractivity contribution in [3.63, 3.8) is 0 Å². The third-order valence-corrected chi connectivity index (χ3v) is 6.02. The van der Waals surface area contributed by atoms with Gasteiger partial charge in [0.25, 0.3) is 0 Å². The van der Waals surface area contributed by atoms with E-state index in [1.54, 1.807) is 0 Å². The van der Waals surface area contributed by atoms with Crippen LogP contribution in [0.5, 0.6) is 0 Å². The molecule has 0 saturated heterocycles. The van der Waals surface area contributed by atoms with Crippen LogP contribution < -0.4 is 16.0 Å². The third kappa shape index (κ3) is 6.55.